The van der Waals surface area contributed by atoms with Crippen LogP contribution in [0.2, 0.25) is 0 Å². The molecule has 1 unspecified atom stereocenters. The summed E-state index contributed by atoms with van der Waals surface area (Å²) in [6, 6.07) is 0.702. The number of halogens is 4. The topological polar surface area (TPSA) is 55.4 Å². The smallest absolute Gasteiger partial charge is 0.417 e. The second-order valence-corrected chi connectivity index (χ2v) is 8.73. The van der Waals surface area contributed by atoms with Crippen LogP contribution in [0.3, 0.4) is 0 Å². The van der Waals surface area contributed by atoms with Gasteiger partial charge in [-0.3, -0.25) is 4.79 Å². The summed E-state index contributed by atoms with van der Waals surface area (Å²) in [5, 5.41) is 2.32. The zero-order chi connectivity index (χ0) is 24.9. The third-order valence-electron chi connectivity index (χ3n) is 5.48. The van der Waals surface area contributed by atoms with Crippen LogP contribution < -0.4 is 5.32 Å². The quantitative estimate of drug-likeness (QED) is 0.168. The van der Waals surface area contributed by atoms with E-state index in [1.807, 2.05) is 0 Å². The van der Waals surface area contributed by atoms with Crippen molar-refractivity contribution in [2.24, 2.45) is 5.92 Å². The summed E-state index contributed by atoms with van der Waals surface area (Å²) in [4.78, 5) is 24.9. The molecule has 0 aromatic heterocycles. The Balaban J connectivity index is 2.48. The molecule has 0 fully saturated rings. The first-order valence-corrected chi connectivity index (χ1v) is 11.9. The normalized spacial score (nSPS) is 12.6. The van der Waals surface area contributed by atoms with Gasteiger partial charge in [0.1, 0.15) is 11.9 Å². The number of hydrogen-bond donors (Lipinski definition) is 1. The van der Waals surface area contributed by atoms with Crippen LogP contribution in [-0.2, 0) is 15.7 Å². The standard InChI is InChI=1S/C25H37F4NO3/c1-4-5-6-7-8-9-10-11-12-13-16-33-24(32)22(18(2)3)30-23(31)20-15-14-19(26)17-21(20)25(27,28)29/h14-15,17-18,22H,4-13,16H2,1-3H3,(H,30,31). The van der Waals surface area contributed by atoms with E-state index in [9.17, 15) is 27.2 Å². The second kappa shape index (κ2) is 14.9. The fourth-order valence-electron chi connectivity index (χ4n) is 3.52. The van der Waals surface area contributed by atoms with E-state index in [-0.39, 0.29) is 12.7 Å². The molecule has 0 saturated carbocycles. The van der Waals surface area contributed by atoms with Gasteiger partial charge in [-0.25, -0.2) is 9.18 Å². The molecule has 1 aromatic rings. The summed E-state index contributed by atoms with van der Waals surface area (Å²) in [6.45, 7) is 5.70. The van der Waals surface area contributed by atoms with Crippen LogP contribution in [-0.4, -0.2) is 24.5 Å². The number of benzene rings is 1. The van der Waals surface area contributed by atoms with Gasteiger partial charge < -0.3 is 10.1 Å². The van der Waals surface area contributed by atoms with Crippen LogP contribution in [0, 0.1) is 11.7 Å². The highest BCUT2D eigenvalue weighted by Crippen LogP contribution is 2.32. The van der Waals surface area contributed by atoms with Crippen LogP contribution in [0.1, 0.15) is 101 Å². The lowest BCUT2D eigenvalue weighted by Crippen LogP contribution is -2.45. The van der Waals surface area contributed by atoms with Crippen molar-refractivity contribution in [3.05, 3.63) is 35.1 Å². The van der Waals surface area contributed by atoms with E-state index in [0.717, 1.165) is 31.4 Å². The van der Waals surface area contributed by atoms with Crippen molar-refractivity contribution in [1.82, 2.24) is 5.32 Å². The number of ether oxygens (including phenoxy) is 1. The van der Waals surface area contributed by atoms with Gasteiger partial charge in [-0.2, -0.15) is 13.2 Å². The lowest BCUT2D eigenvalue weighted by molar-refractivity contribution is -0.147. The third kappa shape index (κ3) is 11.0. The van der Waals surface area contributed by atoms with Gasteiger partial charge in [-0.1, -0.05) is 78.6 Å². The van der Waals surface area contributed by atoms with Crippen molar-refractivity contribution < 1.29 is 31.9 Å². The van der Waals surface area contributed by atoms with Gasteiger partial charge in [0.15, 0.2) is 0 Å². The highest BCUT2D eigenvalue weighted by Gasteiger charge is 2.37. The van der Waals surface area contributed by atoms with E-state index in [0.29, 0.717) is 6.42 Å². The summed E-state index contributed by atoms with van der Waals surface area (Å²) in [5.41, 5.74) is -2.13. The Morgan fingerprint density at radius 2 is 1.48 bits per heavy atom. The first-order chi connectivity index (χ1) is 15.6. The number of alkyl halides is 3. The minimum atomic E-state index is -4.90. The average molecular weight is 476 g/mol. The predicted molar refractivity (Wildman–Crippen MR) is 120 cm³/mol. The highest BCUT2D eigenvalue weighted by molar-refractivity contribution is 5.98. The molecule has 1 aromatic carbocycles. The molecule has 0 heterocycles. The molecule has 1 rings (SSSR count). The molecule has 1 amide bonds. The molecular weight excluding hydrogens is 438 g/mol. The Morgan fingerprint density at radius 3 is 2.00 bits per heavy atom. The summed E-state index contributed by atoms with van der Waals surface area (Å²) < 4.78 is 58.1. The van der Waals surface area contributed by atoms with Crippen molar-refractivity contribution in [3.63, 3.8) is 0 Å². The van der Waals surface area contributed by atoms with Gasteiger partial charge in [0.05, 0.1) is 17.7 Å². The largest absolute Gasteiger partial charge is 0.464 e. The Morgan fingerprint density at radius 1 is 0.939 bits per heavy atom. The lowest BCUT2D eigenvalue weighted by atomic mass is 10.0. The summed E-state index contributed by atoms with van der Waals surface area (Å²) in [7, 11) is 0. The molecule has 0 aliphatic rings. The Kier molecular flexibility index (Phi) is 13.1. The second-order valence-electron chi connectivity index (χ2n) is 8.73. The molecule has 0 aliphatic heterocycles. The fourth-order valence-corrected chi connectivity index (χ4v) is 3.52. The molecule has 0 spiro atoms. The Bertz CT molecular complexity index is 735. The van der Waals surface area contributed by atoms with Gasteiger partial charge in [0.25, 0.3) is 5.91 Å². The molecule has 0 bridgehead atoms. The van der Waals surface area contributed by atoms with Crippen molar-refractivity contribution >= 4 is 11.9 Å². The number of carbonyl (C=O) groups is 2. The Labute approximate surface area is 194 Å². The van der Waals surface area contributed by atoms with Gasteiger partial charge in [-0.15, -0.1) is 0 Å². The first-order valence-electron chi connectivity index (χ1n) is 11.9. The number of rotatable bonds is 15. The number of nitrogens with one attached hydrogen (secondary N) is 1. The van der Waals surface area contributed by atoms with E-state index in [4.69, 9.17) is 4.74 Å². The maximum absolute atomic E-state index is 13.3. The molecule has 0 saturated heterocycles. The number of amides is 1. The minimum Gasteiger partial charge on any atom is -0.464 e. The third-order valence-corrected chi connectivity index (χ3v) is 5.48. The van der Waals surface area contributed by atoms with E-state index in [1.54, 1.807) is 13.8 Å². The SMILES string of the molecule is CCCCCCCCCCCCOC(=O)C(NC(=O)c1ccc(F)cc1C(F)(F)F)C(C)C. The van der Waals surface area contributed by atoms with E-state index >= 15 is 0 Å². The minimum absolute atomic E-state index is 0.193. The lowest BCUT2D eigenvalue weighted by Gasteiger charge is -2.22. The summed E-state index contributed by atoms with van der Waals surface area (Å²) in [6.07, 6.45) is 6.44. The molecule has 33 heavy (non-hydrogen) atoms. The van der Waals surface area contributed by atoms with Gasteiger partial charge in [0.2, 0.25) is 0 Å². The molecule has 4 nitrogen and oxygen atoms in total. The zero-order valence-electron chi connectivity index (χ0n) is 19.9. The summed E-state index contributed by atoms with van der Waals surface area (Å²) >= 11 is 0. The van der Waals surface area contributed by atoms with Crippen LogP contribution in [0.5, 0.6) is 0 Å². The number of hydrogen-bond acceptors (Lipinski definition) is 3. The number of carbonyl (C=O) groups excluding carboxylic acids is 2. The molecule has 0 aliphatic carbocycles. The fraction of sp³-hybridized carbons (Fsp3) is 0.680. The van der Waals surface area contributed by atoms with Crippen LogP contribution >= 0.6 is 0 Å². The van der Waals surface area contributed by atoms with E-state index < -0.39 is 47.0 Å². The molecular formula is C25H37F4NO3. The highest BCUT2D eigenvalue weighted by atomic mass is 19.4. The van der Waals surface area contributed by atoms with Crippen molar-refractivity contribution in [3.8, 4) is 0 Å². The maximum Gasteiger partial charge on any atom is 0.417 e. The number of esters is 1. The van der Waals surface area contributed by atoms with Crippen molar-refractivity contribution in [2.45, 2.75) is 97.2 Å². The van der Waals surface area contributed by atoms with Gasteiger partial charge in [0, 0.05) is 0 Å². The van der Waals surface area contributed by atoms with Crippen LogP contribution in [0.4, 0.5) is 17.6 Å². The van der Waals surface area contributed by atoms with E-state index in [2.05, 4.69) is 12.2 Å². The molecule has 8 heteroatoms. The zero-order valence-corrected chi connectivity index (χ0v) is 19.9. The van der Waals surface area contributed by atoms with Crippen molar-refractivity contribution in [2.75, 3.05) is 6.61 Å². The summed E-state index contributed by atoms with van der Waals surface area (Å²) in [5.74, 6) is -3.29. The molecule has 1 N–H and O–H groups in total. The van der Waals surface area contributed by atoms with Gasteiger partial charge >= 0.3 is 12.1 Å². The molecule has 0 radical (unpaired) electrons. The van der Waals surface area contributed by atoms with Crippen molar-refractivity contribution in [1.29, 1.82) is 0 Å². The Hall–Kier alpha value is -2.12. The predicted octanol–water partition coefficient (Wildman–Crippen LogP) is 7.06. The van der Waals surface area contributed by atoms with Gasteiger partial charge in [-0.05, 0) is 30.5 Å². The van der Waals surface area contributed by atoms with Crippen LogP contribution in [0.15, 0.2) is 18.2 Å². The number of unbranched alkanes of at least 4 members (excludes halogenated alkanes) is 9. The molecule has 188 valence electrons. The first kappa shape index (κ1) is 28.9. The van der Waals surface area contributed by atoms with E-state index in [1.165, 1.54) is 38.5 Å². The monoisotopic (exact) mass is 475 g/mol. The molecule has 1 atom stereocenters. The van der Waals surface area contributed by atoms with Crippen LogP contribution in [0.25, 0.3) is 0 Å². The average Bonchev–Trinajstić information content (AvgIpc) is 2.74. The maximum atomic E-state index is 13.3.